The van der Waals surface area contributed by atoms with Gasteiger partial charge in [0.15, 0.2) is 5.92 Å². The smallest absolute Gasteiger partial charge is 0.313 e. The van der Waals surface area contributed by atoms with E-state index in [0.717, 1.165) is 0 Å². The second-order valence-corrected chi connectivity index (χ2v) is 4.84. The summed E-state index contributed by atoms with van der Waals surface area (Å²) >= 11 is 1.24. The molecule has 0 saturated heterocycles. The molecule has 0 amide bonds. The highest BCUT2D eigenvalue weighted by atomic mass is 32.1. The average molecular weight is 305 g/mol. The summed E-state index contributed by atoms with van der Waals surface area (Å²) in [6, 6.07) is -0.182. The Morgan fingerprint density at radius 1 is 1.16 bits per heavy atom. The zero-order valence-electron chi connectivity index (χ0n) is 9.98. The standard InChI is InChI=1S/C11H13F6NS/c1-2-18-8(5-7-3-4-19-6-7)9(10(12,13)14)11(15,16)17/h3-4,6,8-9,18H,2,5H2,1H3. The topological polar surface area (TPSA) is 12.0 Å². The molecule has 0 bridgehead atoms. The summed E-state index contributed by atoms with van der Waals surface area (Å²) < 4.78 is 76.0. The van der Waals surface area contributed by atoms with Gasteiger partial charge in [-0.3, -0.25) is 0 Å². The Labute approximate surface area is 110 Å². The third kappa shape index (κ3) is 4.68. The number of halogens is 6. The van der Waals surface area contributed by atoms with Crippen molar-refractivity contribution in [2.75, 3.05) is 6.54 Å². The van der Waals surface area contributed by atoms with Crippen molar-refractivity contribution >= 4 is 11.3 Å². The Hall–Kier alpha value is -0.760. The quantitative estimate of drug-likeness (QED) is 0.811. The van der Waals surface area contributed by atoms with Gasteiger partial charge >= 0.3 is 12.4 Å². The van der Waals surface area contributed by atoms with E-state index in [9.17, 15) is 26.3 Å². The summed E-state index contributed by atoms with van der Waals surface area (Å²) in [6.07, 6.45) is -10.9. The Bertz CT molecular complexity index is 356. The Morgan fingerprint density at radius 3 is 2.11 bits per heavy atom. The molecule has 0 aliphatic heterocycles. The molecule has 1 N–H and O–H groups in total. The van der Waals surface area contributed by atoms with Crippen LogP contribution in [0.4, 0.5) is 26.3 Å². The lowest BCUT2D eigenvalue weighted by Gasteiger charge is -2.31. The van der Waals surface area contributed by atoms with Crippen LogP contribution in [0.3, 0.4) is 0 Å². The maximum atomic E-state index is 12.7. The van der Waals surface area contributed by atoms with Gasteiger partial charge in [-0.1, -0.05) is 6.92 Å². The van der Waals surface area contributed by atoms with Gasteiger partial charge in [-0.2, -0.15) is 37.7 Å². The molecule has 1 aromatic rings. The Morgan fingerprint density at radius 2 is 1.74 bits per heavy atom. The molecule has 1 nitrogen and oxygen atoms in total. The van der Waals surface area contributed by atoms with Gasteiger partial charge in [0.25, 0.3) is 0 Å². The van der Waals surface area contributed by atoms with Crippen molar-refractivity contribution in [2.24, 2.45) is 5.92 Å². The molecular weight excluding hydrogens is 292 g/mol. The van der Waals surface area contributed by atoms with Crippen LogP contribution in [0.25, 0.3) is 0 Å². The summed E-state index contributed by atoms with van der Waals surface area (Å²) in [4.78, 5) is 0. The zero-order chi connectivity index (χ0) is 14.7. The molecule has 0 spiro atoms. The molecule has 1 heterocycles. The fraction of sp³-hybridized carbons (Fsp3) is 0.636. The first kappa shape index (κ1) is 16.3. The van der Waals surface area contributed by atoms with E-state index < -0.39 is 24.3 Å². The molecule has 0 radical (unpaired) electrons. The fourth-order valence-corrected chi connectivity index (χ4v) is 2.56. The number of nitrogens with one attached hydrogen (secondary N) is 1. The van der Waals surface area contributed by atoms with Crippen molar-refractivity contribution in [3.05, 3.63) is 22.4 Å². The largest absolute Gasteiger partial charge is 0.402 e. The maximum absolute atomic E-state index is 12.7. The highest BCUT2D eigenvalue weighted by Crippen LogP contribution is 2.42. The minimum absolute atomic E-state index is 0.0392. The minimum Gasteiger partial charge on any atom is -0.313 e. The molecule has 0 aliphatic rings. The van der Waals surface area contributed by atoms with Gasteiger partial charge in [0.05, 0.1) is 0 Å². The number of thiophene rings is 1. The molecule has 8 heteroatoms. The predicted molar refractivity (Wildman–Crippen MR) is 61.1 cm³/mol. The third-order valence-corrected chi connectivity index (χ3v) is 3.34. The van der Waals surface area contributed by atoms with Crippen LogP contribution in [0, 0.1) is 5.92 Å². The first-order valence-corrected chi connectivity index (χ1v) is 6.48. The molecule has 0 fully saturated rings. The Kier molecular flexibility index (Phi) is 5.26. The highest BCUT2D eigenvalue weighted by molar-refractivity contribution is 7.07. The lowest BCUT2D eigenvalue weighted by molar-refractivity contribution is -0.291. The lowest BCUT2D eigenvalue weighted by atomic mass is 9.93. The van der Waals surface area contributed by atoms with Crippen molar-refractivity contribution < 1.29 is 26.3 Å². The molecule has 0 saturated carbocycles. The normalized spacial score (nSPS) is 14.9. The fourth-order valence-electron chi connectivity index (χ4n) is 1.87. The van der Waals surface area contributed by atoms with E-state index in [1.54, 1.807) is 10.8 Å². The van der Waals surface area contributed by atoms with E-state index >= 15 is 0 Å². The van der Waals surface area contributed by atoms with Gasteiger partial charge in [0.2, 0.25) is 0 Å². The molecule has 1 atom stereocenters. The molecular formula is C11H13F6NS. The SMILES string of the molecule is CCNC(Cc1ccsc1)C(C(F)(F)F)C(F)(F)F. The summed E-state index contributed by atoms with van der Waals surface area (Å²) in [5.74, 6) is -3.36. The molecule has 0 aromatic carbocycles. The number of alkyl halides is 6. The van der Waals surface area contributed by atoms with Crippen molar-refractivity contribution in [3.63, 3.8) is 0 Å². The van der Waals surface area contributed by atoms with Crippen molar-refractivity contribution in [1.82, 2.24) is 5.32 Å². The van der Waals surface area contributed by atoms with Gasteiger partial charge in [-0.25, -0.2) is 0 Å². The Balaban J connectivity index is 2.99. The third-order valence-electron chi connectivity index (χ3n) is 2.61. The van der Waals surface area contributed by atoms with E-state index in [-0.39, 0.29) is 13.0 Å². The summed E-state index contributed by atoms with van der Waals surface area (Å²) in [5, 5.41) is 5.47. The monoisotopic (exact) mass is 305 g/mol. The van der Waals surface area contributed by atoms with Crippen molar-refractivity contribution in [2.45, 2.75) is 31.7 Å². The van der Waals surface area contributed by atoms with E-state index in [2.05, 4.69) is 5.32 Å². The van der Waals surface area contributed by atoms with Gasteiger partial charge in [-0.15, -0.1) is 0 Å². The average Bonchev–Trinajstić information content (AvgIpc) is 2.65. The number of likely N-dealkylation sites (N-methyl/N-ethyl adjacent to an activating group) is 1. The number of rotatable bonds is 5. The number of hydrogen-bond acceptors (Lipinski definition) is 2. The molecule has 1 rings (SSSR count). The predicted octanol–water partition coefficient (Wildman–Crippen LogP) is 4.01. The molecule has 19 heavy (non-hydrogen) atoms. The molecule has 110 valence electrons. The first-order valence-electron chi connectivity index (χ1n) is 5.54. The van der Waals surface area contributed by atoms with Gasteiger partial charge in [0.1, 0.15) is 0 Å². The van der Waals surface area contributed by atoms with Gasteiger partial charge < -0.3 is 5.32 Å². The summed E-state index contributed by atoms with van der Waals surface area (Å²) in [6.45, 7) is 1.52. The van der Waals surface area contributed by atoms with Gasteiger partial charge in [0, 0.05) is 6.04 Å². The van der Waals surface area contributed by atoms with E-state index in [1.807, 2.05) is 0 Å². The van der Waals surface area contributed by atoms with Crippen LogP contribution in [-0.2, 0) is 6.42 Å². The van der Waals surface area contributed by atoms with Crippen molar-refractivity contribution in [1.29, 1.82) is 0 Å². The summed E-state index contributed by atoms with van der Waals surface area (Å²) in [7, 11) is 0. The van der Waals surface area contributed by atoms with Crippen LogP contribution < -0.4 is 5.32 Å². The van der Waals surface area contributed by atoms with Crippen LogP contribution in [0.5, 0.6) is 0 Å². The van der Waals surface area contributed by atoms with Crippen LogP contribution in [-0.4, -0.2) is 24.9 Å². The molecule has 1 unspecified atom stereocenters. The molecule has 1 aromatic heterocycles. The van der Waals surface area contributed by atoms with Crippen molar-refractivity contribution in [3.8, 4) is 0 Å². The van der Waals surface area contributed by atoms with Crippen LogP contribution in [0.15, 0.2) is 16.8 Å². The first-order chi connectivity index (χ1) is 8.66. The van der Waals surface area contributed by atoms with E-state index in [0.29, 0.717) is 5.56 Å². The number of hydrogen-bond donors (Lipinski definition) is 1. The second-order valence-electron chi connectivity index (χ2n) is 4.06. The van der Waals surface area contributed by atoms with E-state index in [1.165, 1.54) is 24.3 Å². The molecule has 0 aliphatic carbocycles. The zero-order valence-corrected chi connectivity index (χ0v) is 10.8. The van der Waals surface area contributed by atoms with Crippen LogP contribution in [0.2, 0.25) is 0 Å². The highest BCUT2D eigenvalue weighted by Gasteiger charge is 2.59. The van der Waals surface area contributed by atoms with E-state index in [4.69, 9.17) is 0 Å². The lowest BCUT2D eigenvalue weighted by Crippen LogP contribution is -2.52. The summed E-state index contributed by atoms with van der Waals surface area (Å²) in [5.41, 5.74) is 0.467. The van der Waals surface area contributed by atoms with Gasteiger partial charge in [-0.05, 0) is 35.4 Å². The van der Waals surface area contributed by atoms with Crippen LogP contribution >= 0.6 is 11.3 Å². The van der Waals surface area contributed by atoms with Crippen LogP contribution in [0.1, 0.15) is 12.5 Å². The second kappa shape index (κ2) is 6.13. The maximum Gasteiger partial charge on any atom is 0.402 e. The minimum atomic E-state index is -5.32.